The SMILES string of the molecule is CCc1cc(-c2cc(OC)c(-c3ccc(OCc4ccccc4)c(O)c3)c(O)c2OC)ccc1NC(=O)C(F)(F)F. The first-order chi connectivity index (χ1) is 19.6. The van der Waals surface area contributed by atoms with Crippen LogP contribution < -0.4 is 19.5 Å². The van der Waals surface area contributed by atoms with Crippen LogP contribution in [-0.4, -0.2) is 36.5 Å². The minimum Gasteiger partial charge on any atom is -0.504 e. The van der Waals surface area contributed by atoms with Crippen molar-refractivity contribution in [2.75, 3.05) is 19.5 Å². The number of aryl methyl sites for hydroxylation is 1. The predicted molar refractivity (Wildman–Crippen MR) is 149 cm³/mol. The third-order valence-corrected chi connectivity index (χ3v) is 6.43. The summed E-state index contributed by atoms with van der Waals surface area (Å²) >= 11 is 0. The lowest BCUT2D eigenvalue weighted by atomic mass is 9.94. The summed E-state index contributed by atoms with van der Waals surface area (Å²) < 4.78 is 55.2. The monoisotopic (exact) mass is 567 g/mol. The van der Waals surface area contributed by atoms with Gasteiger partial charge in [-0.1, -0.05) is 49.4 Å². The molecule has 4 aromatic carbocycles. The van der Waals surface area contributed by atoms with Gasteiger partial charge in [0, 0.05) is 11.3 Å². The second kappa shape index (κ2) is 12.1. The van der Waals surface area contributed by atoms with E-state index in [0.717, 1.165) is 5.56 Å². The van der Waals surface area contributed by atoms with Gasteiger partial charge in [0.25, 0.3) is 0 Å². The molecular formula is C31H28F3NO6. The first kappa shape index (κ1) is 29.1. The highest BCUT2D eigenvalue weighted by Gasteiger charge is 2.39. The molecule has 0 saturated carbocycles. The van der Waals surface area contributed by atoms with Gasteiger partial charge in [-0.05, 0) is 59.0 Å². The number of phenolic OH excluding ortho intramolecular Hbond substituents is 2. The number of ether oxygens (including phenoxy) is 3. The van der Waals surface area contributed by atoms with Crippen molar-refractivity contribution in [1.82, 2.24) is 0 Å². The summed E-state index contributed by atoms with van der Waals surface area (Å²) in [6, 6.07) is 20.2. The Balaban J connectivity index is 1.71. The third-order valence-electron chi connectivity index (χ3n) is 6.43. The number of hydrogen-bond acceptors (Lipinski definition) is 6. The first-order valence-corrected chi connectivity index (χ1v) is 12.6. The van der Waals surface area contributed by atoms with E-state index in [1.807, 2.05) is 35.6 Å². The summed E-state index contributed by atoms with van der Waals surface area (Å²) in [6.07, 6.45) is -4.70. The number of phenols is 2. The van der Waals surface area contributed by atoms with E-state index in [2.05, 4.69) is 0 Å². The molecule has 0 aliphatic carbocycles. The van der Waals surface area contributed by atoms with Crippen molar-refractivity contribution < 1.29 is 42.4 Å². The van der Waals surface area contributed by atoms with Gasteiger partial charge in [-0.2, -0.15) is 13.2 Å². The van der Waals surface area contributed by atoms with Crippen molar-refractivity contribution in [2.45, 2.75) is 26.1 Å². The normalized spacial score (nSPS) is 11.2. The molecule has 10 heteroatoms. The summed E-state index contributed by atoms with van der Waals surface area (Å²) in [5.41, 5.74) is 2.99. The second-order valence-electron chi connectivity index (χ2n) is 9.02. The molecule has 4 aromatic rings. The Morgan fingerprint density at radius 1 is 0.878 bits per heavy atom. The van der Waals surface area contributed by atoms with Crippen LogP contribution in [0.1, 0.15) is 18.1 Å². The minimum atomic E-state index is -5.03. The zero-order valence-electron chi connectivity index (χ0n) is 22.5. The van der Waals surface area contributed by atoms with Crippen molar-refractivity contribution in [2.24, 2.45) is 0 Å². The molecule has 0 radical (unpaired) electrons. The van der Waals surface area contributed by atoms with E-state index < -0.39 is 12.1 Å². The molecule has 214 valence electrons. The minimum absolute atomic E-state index is 0.0235. The van der Waals surface area contributed by atoms with E-state index >= 15 is 0 Å². The zero-order valence-corrected chi connectivity index (χ0v) is 22.5. The molecular weight excluding hydrogens is 539 g/mol. The van der Waals surface area contributed by atoms with Gasteiger partial charge < -0.3 is 29.7 Å². The number of carbonyl (C=O) groups excluding carboxylic acids is 1. The standard InChI is InChI=1S/C31H28F3NO6/c1-4-19-14-20(10-12-23(19)35-30(38)31(32,33)34)22-16-26(39-2)27(28(37)29(22)40-3)21-11-13-25(24(36)15-21)41-17-18-8-6-5-7-9-18/h5-16,36-37H,4,17H2,1-3H3,(H,35,38). The Morgan fingerprint density at radius 2 is 1.59 bits per heavy atom. The molecule has 0 spiro atoms. The quantitative estimate of drug-likeness (QED) is 0.200. The maximum Gasteiger partial charge on any atom is 0.471 e. The molecule has 1 amide bonds. The molecule has 0 aliphatic rings. The maximum atomic E-state index is 12.8. The van der Waals surface area contributed by atoms with Gasteiger partial charge in [-0.3, -0.25) is 4.79 Å². The van der Waals surface area contributed by atoms with Crippen molar-refractivity contribution in [1.29, 1.82) is 0 Å². The number of halogens is 3. The Bertz CT molecular complexity index is 1550. The van der Waals surface area contributed by atoms with Crippen molar-refractivity contribution in [3.8, 4) is 51.0 Å². The largest absolute Gasteiger partial charge is 0.504 e. The number of benzene rings is 4. The Labute approximate surface area is 234 Å². The van der Waals surface area contributed by atoms with Gasteiger partial charge >= 0.3 is 12.1 Å². The topological polar surface area (TPSA) is 97.2 Å². The molecule has 0 heterocycles. The fourth-order valence-corrected chi connectivity index (χ4v) is 4.39. The van der Waals surface area contributed by atoms with Crippen LogP contribution in [0.3, 0.4) is 0 Å². The van der Waals surface area contributed by atoms with Gasteiger partial charge in [-0.25, -0.2) is 0 Å². The lowest BCUT2D eigenvalue weighted by Crippen LogP contribution is -2.30. The predicted octanol–water partition coefficient (Wildman–Crippen LogP) is 7.09. The number of anilines is 1. The average molecular weight is 568 g/mol. The lowest BCUT2D eigenvalue weighted by Gasteiger charge is -2.19. The number of methoxy groups -OCH3 is 2. The van der Waals surface area contributed by atoms with Crippen LogP contribution in [0.25, 0.3) is 22.3 Å². The van der Waals surface area contributed by atoms with E-state index in [-0.39, 0.29) is 46.6 Å². The van der Waals surface area contributed by atoms with Gasteiger partial charge in [0.1, 0.15) is 12.4 Å². The van der Waals surface area contributed by atoms with Crippen LogP contribution in [-0.2, 0) is 17.8 Å². The maximum absolute atomic E-state index is 12.8. The number of rotatable bonds is 9. The molecule has 4 rings (SSSR count). The molecule has 0 aromatic heterocycles. The second-order valence-corrected chi connectivity index (χ2v) is 9.02. The van der Waals surface area contributed by atoms with Crippen LogP contribution in [0, 0.1) is 0 Å². The van der Waals surface area contributed by atoms with E-state index in [4.69, 9.17) is 14.2 Å². The molecule has 0 fully saturated rings. The Hall–Kier alpha value is -4.86. The molecule has 3 N–H and O–H groups in total. The molecule has 7 nitrogen and oxygen atoms in total. The summed E-state index contributed by atoms with van der Waals surface area (Å²) in [7, 11) is 2.78. The summed E-state index contributed by atoms with van der Waals surface area (Å²) in [4.78, 5) is 11.5. The number of alkyl halides is 3. The Kier molecular flexibility index (Phi) is 8.61. The van der Waals surface area contributed by atoms with Gasteiger partial charge in [0.05, 0.1) is 19.8 Å². The van der Waals surface area contributed by atoms with E-state index in [1.165, 1.54) is 32.4 Å². The molecule has 0 unspecified atom stereocenters. The molecule has 0 saturated heterocycles. The Morgan fingerprint density at radius 3 is 2.20 bits per heavy atom. The smallest absolute Gasteiger partial charge is 0.471 e. The fraction of sp³-hybridized carbons (Fsp3) is 0.194. The summed E-state index contributed by atoms with van der Waals surface area (Å²) in [5, 5.41) is 23.9. The number of hydrogen-bond donors (Lipinski definition) is 3. The van der Waals surface area contributed by atoms with Crippen molar-refractivity contribution in [3.05, 3.63) is 83.9 Å². The van der Waals surface area contributed by atoms with E-state index in [1.54, 1.807) is 31.2 Å². The fourth-order valence-electron chi connectivity index (χ4n) is 4.39. The third kappa shape index (κ3) is 6.32. The van der Waals surface area contributed by atoms with Crippen LogP contribution >= 0.6 is 0 Å². The van der Waals surface area contributed by atoms with E-state index in [9.17, 15) is 28.2 Å². The lowest BCUT2D eigenvalue weighted by molar-refractivity contribution is -0.167. The van der Waals surface area contributed by atoms with Crippen molar-refractivity contribution in [3.63, 3.8) is 0 Å². The summed E-state index contributed by atoms with van der Waals surface area (Å²) in [6.45, 7) is 1.99. The van der Waals surface area contributed by atoms with Crippen LogP contribution in [0.2, 0.25) is 0 Å². The van der Waals surface area contributed by atoms with Crippen LogP contribution in [0.5, 0.6) is 28.7 Å². The van der Waals surface area contributed by atoms with Gasteiger partial charge in [0.15, 0.2) is 23.0 Å². The van der Waals surface area contributed by atoms with Crippen molar-refractivity contribution >= 4 is 11.6 Å². The molecule has 0 aliphatic heterocycles. The van der Waals surface area contributed by atoms with Crippen LogP contribution in [0.15, 0.2) is 72.8 Å². The highest BCUT2D eigenvalue weighted by atomic mass is 19.4. The zero-order chi connectivity index (χ0) is 29.7. The molecule has 0 atom stereocenters. The van der Waals surface area contributed by atoms with Gasteiger partial charge in [0.2, 0.25) is 0 Å². The number of nitrogens with one attached hydrogen (secondary N) is 1. The number of amides is 1. The highest BCUT2D eigenvalue weighted by molar-refractivity contribution is 5.96. The average Bonchev–Trinajstić information content (AvgIpc) is 2.96. The summed E-state index contributed by atoms with van der Waals surface area (Å²) in [5.74, 6) is -1.90. The molecule has 0 bridgehead atoms. The number of carbonyl (C=O) groups is 1. The van der Waals surface area contributed by atoms with Crippen LogP contribution in [0.4, 0.5) is 18.9 Å². The first-order valence-electron chi connectivity index (χ1n) is 12.6. The highest BCUT2D eigenvalue weighted by Crippen LogP contribution is 2.50. The molecule has 41 heavy (non-hydrogen) atoms. The number of aromatic hydroxyl groups is 2. The van der Waals surface area contributed by atoms with Gasteiger partial charge in [-0.15, -0.1) is 0 Å². The van der Waals surface area contributed by atoms with E-state index in [0.29, 0.717) is 28.7 Å².